The van der Waals surface area contributed by atoms with Crippen LogP contribution < -0.4 is 4.84 Å². The predicted molar refractivity (Wildman–Crippen MR) is 65.0 cm³/mol. The topological polar surface area (TPSA) is 120 Å². The Hall–Kier alpha value is -0.980. The number of ether oxygens (including phenoxy) is 1. The summed E-state index contributed by atoms with van der Waals surface area (Å²) in [5.41, 5.74) is 0. The molecule has 0 amide bonds. The number of nitrogens with zero attached hydrogens (tertiary/aromatic N) is 3. The van der Waals surface area contributed by atoms with Crippen LogP contribution in [-0.2, 0) is 4.74 Å². The zero-order chi connectivity index (χ0) is 13.3. The average Bonchev–Trinajstić information content (AvgIpc) is 2.89. The molecule has 0 unspecified atom stereocenters. The Balaban J connectivity index is 2.10. The minimum atomic E-state index is -1.27. The van der Waals surface area contributed by atoms with Crippen LogP contribution in [0.4, 0.5) is 5.95 Å². The van der Waals surface area contributed by atoms with Crippen molar-refractivity contribution in [2.75, 3.05) is 4.43 Å². The van der Waals surface area contributed by atoms with Crippen LogP contribution in [0.1, 0.15) is 0 Å². The Morgan fingerprint density at radius 2 is 2.33 bits per heavy atom. The lowest BCUT2D eigenvalue weighted by atomic mass is 10.2. The van der Waals surface area contributed by atoms with Crippen molar-refractivity contribution in [3.05, 3.63) is 22.5 Å². The van der Waals surface area contributed by atoms with Gasteiger partial charge in [0.05, 0.1) is 6.10 Å². The van der Waals surface area contributed by atoms with E-state index in [1.165, 1.54) is 12.4 Å². The van der Waals surface area contributed by atoms with Gasteiger partial charge in [0.15, 0.2) is 0 Å². The van der Waals surface area contributed by atoms with Crippen molar-refractivity contribution in [1.82, 2.24) is 9.71 Å². The predicted octanol–water partition coefficient (Wildman–Crippen LogP) is -0.898. The smallest absolute Gasteiger partial charge is 0.390 e. The number of hydrogen-bond acceptors (Lipinski definition) is 7. The number of aliphatic hydroxyl groups excluding tert-OH is 2. The molecule has 9 nitrogen and oxygen atoms in total. The Morgan fingerprint density at radius 3 is 2.89 bits per heavy atom. The van der Waals surface area contributed by atoms with Gasteiger partial charge in [0, 0.05) is 4.43 Å². The van der Waals surface area contributed by atoms with E-state index in [-0.39, 0.29) is 0 Å². The molecule has 0 aliphatic carbocycles. The first kappa shape index (κ1) is 13.5. The van der Waals surface area contributed by atoms with E-state index in [0.717, 1.165) is 4.73 Å². The molecule has 0 bridgehead atoms. The van der Waals surface area contributed by atoms with Crippen LogP contribution in [0.5, 0.6) is 0 Å². The second-order valence-electron chi connectivity index (χ2n) is 3.59. The van der Waals surface area contributed by atoms with Crippen molar-refractivity contribution in [3.8, 4) is 0 Å². The lowest BCUT2D eigenvalue weighted by Crippen LogP contribution is -2.38. The van der Waals surface area contributed by atoms with Crippen LogP contribution in [0.15, 0.2) is 12.4 Å². The van der Waals surface area contributed by atoms with Crippen molar-refractivity contribution < 1.29 is 24.7 Å². The molecule has 18 heavy (non-hydrogen) atoms. The van der Waals surface area contributed by atoms with Gasteiger partial charge < -0.3 is 29.9 Å². The van der Waals surface area contributed by atoms with Crippen LogP contribution in [0.2, 0.25) is 0 Å². The fourth-order valence-electron chi connectivity index (χ4n) is 1.53. The monoisotopic (exact) mass is 371 g/mol. The summed E-state index contributed by atoms with van der Waals surface area (Å²) in [6.07, 6.45) is -1.70. The minimum absolute atomic E-state index is 0.460. The summed E-state index contributed by atoms with van der Waals surface area (Å²) in [5.74, 6) is -0.529. The molecule has 2 rings (SSSR count). The van der Waals surface area contributed by atoms with Crippen molar-refractivity contribution in [1.29, 1.82) is 0 Å². The summed E-state index contributed by atoms with van der Waals surface area (Å²) in [6.45, 7) is 0. The maximum absolute atomic E-state index is 10.6. The number of aromatic nitrogens is 2. The number of alkyl halides is 1. The minimum Gasteiger partial charge on any atom is -0.390 e. The zero-order valence-electron chi connectivity index (χ0n) is 8.92. The van der Waals surface area contributed by atoms with Crippen LogP contribution >= 0.6 is 22.6 Å². The van der Waals surface area contributed by atoms with E-state index in [0.29, 0.717) is 4.43 Å². The lowest BCUT2D eigenvalue weighted by Gasteiger charge is -2.13. The van der Waals surface area contributed by atoms with Gasteiger partial charge >= 0.3 is 5.95 Å². The molecule has 2 N–H and O–H groups in total. The third-order valence-corrected chi connectivity index (χ3v) is 3.31. The van der Waals surface area contributed by atoms with E-state index in [1.54, 1.807) is 0 Å². The molecule has 1 saturated heterocycles. The molecule has 0 spiro atoms. The summed E-state index contributed by atoms with van der Waals surface area (Å²) < 4.78 is 6.49. The molecule has 4 atom stereocenters. The van der Waals surface area contributed by atoms with Crippen molar-refractivity contribution in [2.45, 2.75) is 24.6 Å². The highest BCUT2D eigenvalue weighted by molar-refractivity contribution is 14.1. The Kier molecular flexibility index (Phi) is 3.99. The van der Waals surface area contributed by atoms with Gasteiger partial charge in [-0.15, -0.1) is 0 Å². The fraction of sp³-hybridized carbons (Fsp3) is 0.625. The second kappa shape index (κ2) is 5.34. The molecular weight excluding hydrogens is 361 g/mol. The molecule has 1 aliphatic rings. The van der Waals surface area contributed by atoms with Crippen LogP contribution in [0.25, 0.3) is 0 Å². The highest BCUT2D eigenvalue weighted by Gasteiger charge is 2.45. The van der Waals surface area contributed by atoms with E-state index in [2.05, 4.69) is 4.98 Å². The first-order valence-corrected chi connectivity index (χ1v) is 6.49. The number of rotatable bonds is 4. The van der Waals surface area contributed by atoms with Gasteiger partial charge in [-0.3, -0.25) is 0 Å². The van der Waals surface area contributed by atoms with Crippen LogP contribution in [-0.4, -0.2) is 53.9 Å². The molecule has 10 heteroatoms. The first-order chi connectivity index (χ1) is 8.54. The molecule has 1 fully saturated rings. The standard InChI is InChI=1S/C8H10IN3O6/c9-3-4-5(13)6(14)7(17-4)18-11-2-1-10-8(11)12(15)16/h1-2,4-7,13-14H,3H2/t4-,5-,6+,7+/m1/s1. The number of imidazole rings is 1. The van der Waals surface area contributed by atoms with E-state index >= 15 is 0 Å². The maximum atomic E-state index is 10.6. The average molecular weight is 371 g/mol. The van der Waals surface area contributed by atoms with Gasteiger partial charge in [0.1, 0.15) is 24.6 Å². The molecular formula is C8H10IN3O6. The Labute approximate surface area is 115 Å². The highest BCUT2D eigenvalue weighted by atomic mass is 127. The van der Waals surface area contributed by atoms with E-state index in [1.807, 2.05) is 22.6 Å². The fourth-order valence-corrected chi connectivity index (χ4v) is 2.26. The number of hydrogen-bond donors (Lipinski definition) is 2. The Bertz CT molecular complexity index is 440. The normalized spacial score (nSPS) is 31.5. The quantitative estimate of drug-likeness (QED) is 0.305. The third kappa shape index (κ3) is 2.41. The van der Waals surface area contributed by atoms with Gasteiger partial charge in [-0.1, -0.05) is 27.6 Å². The third-order valence-electron chi connectivity index (χ3n) is 2.44. The van der Waals surface area contributed by atoms with Crippen molar-refractivity contribution in [3.63, 3.8) is 0 Å². The molecule has 1 aliphatic heterocycles. The SMILES string of the molecule is O=[N+]([O-])c1nccn1O[C@@H]1O[C@H](CI)[C@@H](O)[C@@H]1O. The maximum Gasteiger partial charge on any atom is 0.471 e. The number of aliphatic hydroxyl groups is 2. The molecule has 1 aromatic rings. The van der Waals surface area contributed by atoms with Gasteiger partial charge in [0.25, 0.3) is 6.29 Å². The van der Waals surface area contributed by atoms with E-state index in [4.69, 9.17) is 9.57 Å². The summed E-state index contributed by atoms with van der Waals surface area (Å²) in [7, 11) is 0. The van der Waals surface area contributed by atoms with Gasteiger partial charge in [-0.2, -0.15) is 0 Å². The molecule has 1 aromatic heterocycles. The second-order valence-corrected chi connectivity index (χ2v) is 4.47. The van der Waals surface area contributed by atoms with Crippen LogP contribution in [0.3, 0.4) is 0 Å². The summed E-state index contributed by atoms with van der Waals surface area (Å²) >= 11 is 1.99. The van der Waals surface area contributed by atoms with Crippen molar-refractivity contribution in [2.24, 2.45) is 0 Å². The molecule has 0 saturated carbocycles. The van der Waals surface area contributed by atoms with Gasteiger partial charge in [-0.25, -0.2) is 0 Å². The molecule has 0 aromatic carbocycles. The molecule has 0 radical (unpaired) electrons. The van der Waals surface area contributed by atoms with Gasteiger partial charge in [-0.05, 0) is 9.65 Å². The highest BCUT2D eigenvalue weighted by Crippen LogP contribution is 2.23. The number of nitro groups is 1. The lowest BCUT2D eigenvalue weighted by molar-refractivity contribution is -0.404. The summed E-state index contributed by atoms with van der Waals surface area (Å²) in [6, 6.07) is 0. The summed E-state index contributed by atoms with van der Waals surface area (Å²) in [5, 5.41) is 29.9. The van der Waals surface area contributed by atoms with Crippen molar-refractivity contribution >= 4 is 28.5 Å². The Morgan fingerprint density at radius 1 is 1.61 bits per heavy atom. The zero-order valence-corrected chi connectivity index (χ0v) is 11.1. The van der Waals surface area contributed by atoms with Gasteiger partial charge in [0.2, 0.25) is 0 Å². The molecule has 100 valence electrons. The number of halogens is 1. The largest absolute Gasteiger partial charge is 0.471 e. The van der Waals surface area contributed by atoms with E-state index < -0.39 is 35.5 Å². The van der Waals surface area contributed by atoms with E-state index in [9.17, 15) is 20.3 Å². The molecule has 2 heterocycles. The van der Waals surface area contributed by atoms with Crippen LogP contribution in [0, 0.1) is 10.1 Å². The first-order valence-electron chi connectivity index (χ1n) is 4.97. The summed E-state index contributed by atoms with van der Waals surface area (Å²) in [4.78, 5) is 18.5.